The molecule has 0 unspecified atom stereocenters. The van der Waals surface area contributed by atoms with Crippen LogP contribution in [0.3, 0.4) is 0 Å². The van der Waals surface area contributed by atoms with Crippen molar-refractivity contribution in [2.45, 2.75) is 0 Å². The quantitative estimate of drug-likeness (QED) is 0.865. The molecule has 1 fully saturated rings. The normalized spacial score (nSPS) is 15.2. The summed E-state index contributed by atoms with van der Waals surface area (Å²) in [6.45, 7) is 5.43. The van der Waals surface area contributed by atoms with Gasteiger partial charge in [-0.1, -0.05) is 23.2 Å². The van der Waals surface area contributed by atoms with E-state index in [4.69, 9.17) is 23.2 Å². The highest BCUT2D eigenvalue weighted by Crippen LogP contribution is 2.19. The van der Waals surface area contributed by atoms with Crippen LogP contribution < -0.4 is 10.2 Å². The average Bonchev–Trinajstić information content (AvgIpc) is 2.63. The zero-order chi connectivity index (χ0) is 17.6. The Morgan fingerprint density at radius 2 is 1.44 bits per heavy atom. The number of hydrogen-bond donors (Lipinski definition) is 1. The maximum absolute atomic E-state index is 12.1. The second-order valence-corrected chi connectivity index (χ2v) is 6.94. The molecule has 0 atom stereocenters. The standard InChI is InChI=1S/C19H21Cl2N3O/c20-16-3-1-15(2-4-16)19(25)22-9-10-23-11-13-24(14-12-23)18-7-5-17(21)6-8-18/h1-8H,9-14H2,(H,22,25). The van der Waals surface area contributed by atoms with Crippen LogP contribution in [-0.4, -0.2) is 50.1 Å². The molecule has 1 N–H and O–H groups in total. The first-order valence-electron chi connectivity index (χ1n) is 8.38. The number of hydrogen-bond acceptors (Lipinski definition) is 3. The van der Waals surface area contributed by atoms with Gasteiger partial charge in [0, 0.05) is 60.6 Å². The molecule has 25 heavy (non-hydrogen) atoms. The third-order valence-corrected chi connectivity index (χ3v) is 4.89. The highest BCUT2D eigenvalue weighted by Gasteiger charge is 2.17. The van der Waals surface area contributed by atoms with Crippen LogP contribution in [-0.2, 0) is 0 Å². The smallest absolute Gasteiger partial charge is 0.251 e. The molecule has 2 aromatic carbocycles. The van der Waals surface area contributed by atoms with Crippen LogP contribution in [0.4, 0.5) is 5.69 Å². The largest absolute Gasteiger partial charge is 0.369 e. The van der Waals surface area contributed by atoms with Crippen molar-refractivity contribution in [1.82, 2.24) is 10.2 Å². The van der Waals surface area contributed by atoms with Crippen molar-refractivity contribution < 1.29 is 4.79 Å². The molecule has 0 saturated carbocycles. The molecule has 1 aliphatic rings. The number of carbonyl (C=O) groups excluding carboxylic acids is 1. The fourth-order valence-corrected chi connectivity index (χ4v) is 3.16. The minimum Gasteiger partial charge on any atom is -0.369 e. The van der Waals surface area contributed by atoms with Gasteiger partial charge in [0.25, 0.3) is 5.91 Å². The maximum atomic E-state index is 12.1. The summed E-state index contributed by atoms with van der Waals surface area (Å²) >= 11 is 11.8. The summed E-state index contributed by atoms with van der Waals surface area (Å²) in [6, 6.07) is 14.9. The highest BCUT2D eigenvalue weighted by atomic mass is 35.5. The van der Waals surface area contributed by atoms with E-state index in [-0.39, 0.29) is 5.91 Å². The Labute approximate surface area is 158 Å². The van der Waals surface area contributed by atoms with E-state index in [1.54, 1.807) is 24.3 Å². The molecule has 0 bridgehead atoms. The Morgan fingerprint density at radius 3 is 2.04 bits per heavy atom. The van der Waals surface area contributed by atoms with Gasteiger partial charge in [-0.05, 0) is 48.5 Å². The fraction of sp³-hybridized carbons (Fsp3) is 0.316. The van der Waals surface area contributed by atoms with Crippen LogP contribution in [0, 0.1) is 0 Å². The molecular weight excluding hydrogens is 357 g/mol. The van der Waals surface area contributed by atoms with E-state index in [9.17, 15) is 4.79 Å². The van der Waals surface area contributed by atoms with Gasteiger partial charge in [0.1, 0.15) is 0 Å². The van der Waals surface area contributed by atoms with E-state index in [0.29, 0.717) is 17.1 Å². The van der Waals surface area contributed by atoms with Crippen molar-refractivity contribution in [1.29, 1.82) is 0 Å². The lowest BCUT2D eigenvalue weighted by molar-refractivity contribution is 0.0948. The SMILES string of the molecule is O=C(NCCN1CCN(c2ccc(Cl)cc2)CC1)c1ccc(Cl)cc1. The van der Waals surface area contributed by atoms with Gasteiger partial charge in [0.2, 0.25) is 0 Å². The van der Waals surface area contributed by atoms with Crippen molar-refractivity contribution >= 4 is 34.8 Å². The molecule has 4 nitrogen and oxygen atoms in total. The molecule has 3 rings (SSSR count). The van der Waals surface area contributed by atoms with E-state index >= 15 is 0 Å². The van der Waals surface area contributed by atoms with E-state index in [0.717, 1.165) is 37.7 Å². The Kier molecular flexibility index (Phi) is 6.19. The average molecular weight is 378 g/mol. The minimum absolute atomic E-state index is 0.0588. The Morgan fingerprint density at radius 1 is 0.880 bits per heavy atom. The number of benzene rings is 2. The summed E-state index contributed by atoms with van der Waals surface area (Å²) in [5.74, 6) is -0.0588. The number of amides is 1. The lowest BCUT2D eigenvalue weighted by atomic mass is 10.2. The van der Waals surface area contributed by atoms with Crippen molar-refractivity contribution in [3.63, 3.8) is 0 Å². The second kappa shape index (κ2) is 8.56. The monoisotopic (exact) mass is 377 g/mol. The van der Waals surface area contributed by atoms with Crippen LogP contribution in [0.2, 0.25) is 10.0 Å². The molecule has 1 aliphatic heterocycles. The highest BCUT2D eigenvalue weighted by molar-refractivity contribution is 6.30. The van der Waals surface area contributed by atoms with Gasteiger partial charge in [0.05, 0.1) is 0 Å². The van der Waals surface area contributed by atoms with E-state index in [1.807, 2.05) is 12.1 Å². The molecule has 1 heterocycles. The third kappa shape index (κ3) is 5.11. The first-order chi connectivity index (χ1) is 12.1. The van der Waals surface area contributed by atoms with Crippen LogP contribution in [0.25, 0.3) is 0 Å². The Hall–Kier alpha value is -1.75. The van der Waals surface area contributed by atoms with Crippen LogP contribution >= 0.6 is 23.2 Å². The van der Waals surface area contributed by atoms with Crippen molar-refractivity contribution in [2.75, 3.05) is 44.2 Å². The van der Waals surface area contributed by atoms with Crippen molar-refractivity contribution in [2.24, 2.45) is 0 Å². The van der Waals surface area contributed by atoms with E-state index < -0.39 is 0 Å². The van der Waals surface area contributed by atoms with Crippen molar-refractivity contribution in [3.05, 3.63) is 64.1 Å². The lowest BCUT2D eigenvalue weighted by Crippen LogP contribution is -2.48. The topological polar surface area (TPSA) is 35.6 Å². The third-order valence-electron chi connectivity index (χ3n) is 4.38. The molecule has 1 saturated heterocycles. The number of nitrogens with one attached hydrogen (secondary N) is 1. The van der Waals surface area contributed by atoms with Gasteiger partial charge >= 0.3 is 0 Å². The number of halogens is 2. The van der Waals surface area contributed by atoms with E-state index in [2.05, 4.69) is 27.2 Å². The van der Waals surface area contributed by atoms with Gasteiger partial charge in [0.15, 0.2) is 0 Å². The molecule has 0 spiro atoms. The summed E-state index contributed by atoms with van der Waals surface area (Å²) in [5.41, 5.74) is 1.84. The van der Waals surface area contributed by atoms with Crippen molar-refractivity contribution in [3.8, 4) is 0 Å². The zero-order valence-electron chi connectivity index (χ0n) is 13.9. The minimum atomic E-state index is -0.0588. The number of anilines is 1. The zero-order valence-corrected chi connectivity index (χ0v) is 15.4. The molecule has 132 valence electrons. The Bertz CT molecular complexity index is 696. The summed E-state index contributed by atoms with van der Waals surface area (Å²) in [7, 11) is 0. The molecule has 6 heteroatoms. The number of rotatable bonds is 5. The molecule has 0 aromatic heterocycles. The van der Waals surface area contributed by atoms with Gasteiger partial charge in [-0.2, -0.15) is 0 Å². The second-order valence-electron chi connectivity index (χ2n) is 6.07. The van der Waals surface area contributed by atoms with Crippen LogP contribution in [0.15, 0.2) is 48.5 Å². The van der Waals surface area contributed by atoms with Crippen LogP contribution in [0.5, 0.6) is 0 Å². The first-order valence-corrected chi connectivity index (χ1v) is 9.14. The first kappa shape index (κ1) is 18.1. The summed E-state index contributed by atoms with van der Waals surface area (Å²) in [5, 5.41) is 4.36. The molecule has 0 radical (unpaired) electrons. The predicted molar refractivity (Wildman–Crippen MR) is 104 cm³/mol. The number of piperazine rings is 1. The fourth-order valence-electron chi connectivity index (χ4n) is 2.91. The van der Waals surface area contributed by atoms with Gasteiger partial charge in [-0.15, -0.1) is 0 Å². The lowest BCUT2D eigenvalue weighted by Gasteiger charge is -2.36. The Balaban J connectivity index is 1.40. The van der Waals surface area contributed by atoms with Gasteiger partial charge in [-0.3, -0.25) is 9.69 Å². The maximum Gasteiger partial charge on any atom is 0.251 e. The summed E-state index contributed by atoms with van der Waals surface area (Å²) in [4.78, 5) is 16.8. The van der Waals surface area contributed by atoms with Gasteiger partial charge < -0.3 is 10.2 Å². The van der Waals surface area contributed by atoms with E-state index in [1.165, 1.54) is 5.69 Å². The molecule has 0 aliphatic carbocycles. The number of carbonyl (C=O) groups is 1. The van der Waals surface area contributed by atoms with Gasteiger partial charge in [-0.25, -0.2) is 0 Å². The summed E-state index contributed by atoms with van der Waals surface area (Å²) in [6.07, 6.45) is 0. The predicted octanol–water partition coefficient (Wildman–Crippen LogP) is 3.55. The summed E-state index contributed by atoms with van der Waals surface area (Å²) < 4.78 is 0. The molecule has 2 aromatic rings. The molecule has 1 amide bonds. The number of nitrogens with zero attached hydrogens (tertiary/aromatic N) is 2. The molecular formula is C19H21Cl2N3O. The van der Waals surface area contributed by atoms with Crippen LogP contribution in [0.1, 0.15) is 10.4 Å².